The summed E-state index contributed by atoms with van der Waals surface area (Å²) in [7, 11) is 0. The number of aliphatic hydroxyl groups is 1. The van der Waals surface area contributed by atoms with Crippen molar-refractivity contribution in [3.8, 4) is 0 Å². The summed E-state index contributed by atoms with van der Waals surface area (Å²) in [6.45, 7) is 0.715. The van der Waals surface area contributed by atoms with Gasteiger partial charge in [0, 0.05) is 24.3 Å². The normalized spacial score (nSPS) is 23.6. The highest BCUT2D eigenvalue weighted by Gasteiger charge is 2.29. The lowest BCUT2D eigenvalue weighted by molar-refractivity contribution is 0.0862. The Morgan fingerprint density at radius 1 is 1.09 bits per heavy atom. The number of rotatable bonds is 4. The van der Waals surface area contributed by atoms with E-state index in [9.17, 15) is 18.7 Å². The molecule has 3 heterocycles. The summed E-state index contributed by atoms with van der Waals surface area (Å²) < 4.78 is 30.0. The molecule has 8 heteroatoms. The van der Waals surface area contributed by atoms with E-state index in [2.05, 4.69) is 15.2 Å². The van der Waals surface area contributed by atoms with Crippen LogP contribution in [0, 0.1) is 11.6 Å². The molecule has 3 aromatic rings. The van der Waals surface area contributed by atoms with Crippen LogP contribution in [0.15, 0.2) is 42.7 Å². The molecule has 1 aliphatic heterocycles. The van der Waals surface area contributed by atoms with E-state index in [1.54, 1.807) is 10.6 Å². The summed E-state index contributed by atoms with van der Waals surface area (Å²) in [5, 5.41) is 12.7. The van der Waals surface area contributed by atoms with Crippen molar-refractivity contribution in [3.05, 3.63) is 65.6 Å². The van der Waals surface area contributed by atoms with Crippen molar-refractivity contribution in [1.29, 1.82) is 0 Å². The minimum Gasteiger partial charge on any atom is -0.393 e. The number of aliphatic hydroxyl groups excluding tert-OH is 1. The summed E-state index contributed by atoms with van der Waals surface area (Å²) in [4.78, 5) is 19.3. The number of benzene rings is 1. The Morgan fingerprint density at radius 3 is 2.72 bits per heavy atom. The van der Waals surface area contributed by atoms with Crippen molar-refractivity contribution in [2.24, 2.45) is 0 Å². The Morgan fingerprint density at radius 2 is 1.91 bits per heavy atom. The molecule has 1 aromatic carbocycles. The van der Waals surface area contributed by atoms with Gasteiger partial charge in [-0.05, 0) is 68.9 Å². The van der Waals surface area contributed by atoms with Gasteiger partial charge in [-0.1, -0.05) is 0 Å². The Labute approximate surface area is 184 Å². The van der Waals surface area contributed by atoms with Crippen LogP contribution in [0.5, 0.6) is 0 Å². The Hall–Kier alpha value is -3.00. The predicted octanol–water partition coefficient (Wildman–Crippen LogP) is 3.99. The maximum Gasteiger partial charge on any atom is 0.270 e. The van der Waals surface area contributed by atoms with Gasteiger partial charge < -0.3 is 15.3 Å². The standard InChI is InChI=1S/C24H26F2N4O2/c25-15-3-9-20(26)19(12-15)21-2-1-11-29(21)17-6-10-23-27-13-22(30(23)14-17)24(32)28-16-4-7-18(31)8-5-16/h3,6,9-10,12-14,16,18,21,31H,1-2,4-5,7-8,11H2,(H,28,32). The third kappa shape index (κ3) is 3.95. The Kier molecular flexibility index (Phi) is 5.55. The fourth-order valence-electron chi connectivity index (χ4n) is 4.96. The number of hydrogen-bond donors (Lipinski definition) is 2. The Balaban J connectivity index is 1.42. The average Bonchev–Trinajstić information content (AvgIpc) is 3.43. The number of imidazole rings is 1. The molecular weight excluding hydrogens is 414 g/mol. The number of carbonyl (C=O) groups is 1. The predicted molar refractivity (Wildman–Crippen MR) is 117 cm³/mol. The minimum absolute atomic E-state index is 0.0403. The van der Waals surface area contributed by atoms with Crippen LogP contribution in [-0.4, -0.2) is 39.1 Å². The average molecular weight is 440 g/mol. The van der Waals surface area contributed by atoms with Gasteiger partial charge in [0.2, 0.25) is 0 Å². The van der Waals surface area contributed by atoms with Crippen LogP contribution in [0.1, 0.15) is 60.6 Å². The molecule has 0 bridgehead atoms. The number of fused-ring (bicyclic) bond motifs is 1. The molecule has 2 aliphatic rings. The molecule has 1 saturated carbocycles. The lowest BCUT2D eigenvalue weighted by Crippen LogP contribution is -2.39. The van der Waals surface area contributed by atoms with Gasteiger partial charge in [0.1, 0.15) is 23.0 Å². The molecule has 0 spiro atoms. The van der Waals surface area contributed by atoms with Crippen LogP contribution in [0.2, 0.25) is 0 Å². The van der Waals surface area contributed by atoms with Gasteiger partial charge in [-0.25, -0.2) is 13.8 Å². The van der Waals surface area contributed by atoms with E-state index in [1.807, 2.05) is 18.3 Å². The number of anilines is 1. The first-order valence-electron chi connectivity index (χ1n) is 11.2. The third-order valence-electron chi connectivity index (χ3n) is 6.66. The quantitative estimate of drug-likeness (QED) is 0.644. The number of nitrogens with one attached hydrogen (secondary N) is 1. The van der Waals surface area contributed by atoms with E-state index in [0.29, 0.717) is 36.3 Å². The van der Waals surface area contributed by atoms with Crippen molar-refractivity contribution >= 4 is 17.2 Å². The third-order valence-corrected chi connectivity index (χ3v) is 6.66. The van der Waals surface area contributed by atoms with E-state index in [-0.39, 0.29) is 24.1 Å². The number of carbonyl (C=O) groups excluding carboxylic acids is 1. The molecule has 0 radical (unpaired) electrons. The monoisotopic (exact) mass is 440 g/mol. The fourth-order valence-corrected chi connectivity index (χ4v) is 4.96. The number of hydrogen-bond acceptors (Lipinski definition) is 4. The van der Waals surface area contributed by atoms with Crippen LogP contribution in [-0.2, 0) is 0 Å². The summed E-state index contributed by atoms with van der Waals surface area (Å²) in [6, 6.07) is 7.09. The van der Waals surface area contributed by atoms with Crippen LogP contribution in [0.25, 0.3) is 5.65 Å². The summed E-state index contributed by atoms with van der Waals surface area (Å²) in [5.41, 5.74) is 2.26. The number of amides is 1. The minimum atomic E-state index is -0.451. The number of nitrogens with zero attached hydrogens (tertiary/aromatic N) is 3. The molecule has 168 valence electrons. The zero-order valence-electron chi connectivity index (χ0n) is 17.7. The second-order valence-electron chi connectivity index (χ2n) is 8.76. The van der Waals surface area contributed by atoms with Crippen LogP contribution in [0.3, 0.4) is 0 Å². The number of halogens is 2. The van der Waals surface area contributed by atoms with Gasteiger partial charge in [-0.3, -0.25) is 9.20 Å². The lowest BCUT2D eigenvalue weighted by Gasteiger charge is -2.28. The highest BCUT2D eigenvalue weighted by atomic mass is 19.1. The number of aromatic nitrogens is 2. The molecule has 1 amide bonds. The fraction of sp³-hybridized carbons (Fsp3) is 0.417. The maximum atomic E-state index is 14.5. The van der Waals surface area contributed by atoms with Crippen molar-refractivity contribution in [3.63, 3.8) is 0 Å². The van der Waals surface area contributed by atoms with Gasteiger partial charge in [0.25, 0.3) is 5.91 Å². The lowest BCUT2D eigenvalue weighted by atomic mass is 9.93. The van der Waals surface area contributed by atoms with Gasteiger partial charge in [0.15, 0.2) is 0 Å². The van der Waals surface area contributed by atoms with Crippen molar-refractivity contribution in [2.75, 3.05) is 11.4 Å². The summed E-state index contributed by atoms with van der Waals surface area (Å²) in [6.07, 6.45) is 7.60. The van der Waals surface area contributed by atoms with Crippen molar-refractivity contribution in [1.82, 2.24) is 14.7 Å². The second kappa shape index (κ2) is 8.50. The Bertz CT molecular complexity index is 1140. The second-order valence-corrected chi connectivity index (χ2v) is 8.76. The molecule has 6 nitrogen and oxygen atoms in total. The van der Waals surface area contributed by atoms with Gasteiger partial charge in [0.05, 0.1) is 24.0 Å². The largest absolute Gasteiger partial charge is 0.393 e. The maximum absolute atomic E-state index is 14.5. The molecule has 32 heavy (non-hydrogen) atoms. The molecular formula is C24H26F2N4O2. The van der Waals surface area contributed by atoms with Gasteiger partial charge in [-0.2, -0.15) is 0 Å². The smallest absolute Gasteiger partial charge is 0.270 e. The molecule has 5 rings (SSSR count). The van der Waals surface area contributed by atoms with Crippen LogP contribution in [0.4, 0.5) is 14.5 Å². The van der Waals surface area contributed by atoms with E-state index in [0.717, 1.165) is 37.4 Å². The van der Waals surface area contributed by atoms with Crippen LogP contribution >= 0.6 is 0 Å². The van der Waals surface area contributed by atoms with Gasteiger partial charge >= 0.3 is 0 Å². The highest BCUT2D eigenvalue weighted by Crippen LogP contribution is 2.37. The van der Waals surface area contributed by atoms with E-state index < -0.39 is 11.6 Å². The number of pyridine rings is 1. The molecule has 2 fully saturated rings. The zero-order valence-corrected chi connectivity index (χ0v) is 17.7. The van der Waals surface area contributed by atoms with E-state index in [1.165, 1.54) is 12.1 Å². The van der Waals surface area contributed by atoms with Crippen molar-refractivity contribution in [2.45, 2.75) is 56.7 Å². The summed E-state index contributed by atoms with van der Waals surface area (Å²) in [5.74, 6) is -1.07. The first-order chi connectivity index (χ1) is 15.5. The SMILES string of the molecule is O=C(NC1CCC(O)CC1)c1cnc2ccc(N3CCCC3c3cc(F)ccc3F)cn12. The molecule has 1 aliphatic carbocycles. The molecule has 2 aromatic heterocycles. The molecule has 1 saturated heterocycles. The molecule has 2 N–H and O–H groups in total. The van der Waals surface area contributed by atoms with Crippen molar-refractivity contribution < 1.29 is 18.7 Å². The first-order valence-corrected chi connectivity index (χ1v) is 11.2. The highest BCUT2D eigenvalue weighted by molar-refractivity contribution is 5.93. The van der Waals surface area contributed by atoms with Gasteiger partial charge in [-0.15, -0.1) is 0 Å². The van der Waals surface area contributed by atoms with Crippen LogP contribution < -0.4 is 10.2 Å². The molecule has 1 unspecified atom stereocenters. The molecule has 1 atom stereocenters. The van der Waals surface area contributed by atoms with E-state index in [4.69, 9.17) is 0 Å². The first kappa shape index (κ1) is 20.9. The topological polar surface area (TPSA) is 69.9 Å². The zero-order chi connectivity index (χ0) is 22.2. The van der Waals surface area contributed by atoms with E-state index >= 15 is 0 Å². The summed E-state index contributed by atoms with van der Waals surface area (Å²) >= 11 is 0.